The third-order valence-corrected chi connectivity index (χ3v) is 2.48. The van der Waals surface area contributed by atoms with Crippen molar-refractivity contribution in [1.29, 1.82) is 0 Å². The Hall–Kier alpha value is -2.09. The highest BCUT2D eigenvalue weighted by Gasteiger charge is 2.25. The van der Waals surface area contributed by atoms with Crippen LogP contribution in [0.15, 0.2) is 4.79 Å². The quantitative estimate of drug-likeness (QED) is 0.434. The largest absolute Gasteiger partial charge is 0.396 e. The number of nitrogens with zero attached hydrogens (tertiary/aromatic N) is 1. The summed E-state index contributed by atoms with van der Waals surface area (Å²) in [6.45, 7) is 0.0991. The van der Waals surface area contributed by atoms with Crippen molar-refractivity contribution in [2.24, 2.45) is 0 Å². The number of aromatic amines is 1. The lowest BCUT2D eigenvalue weighted by Gasteiger charge is -2.25. The molecule has 1 aromatic heterocycles. The van der Waals surface area contributed by atoms with Crippen molar-refractivity contribution in [3.05, 3.63) is 10.4 Å². The molecule has 0 aromatic carbocycles. The molecule has 2 rings (SSSR count). The van der Waals surface area contributed by atoms with Crippen LogP contribution in [0, 0.1) is 0 Å². The topological polar surface area (TPSA) is 133 Å². The minimum Gasteiger partial charge on any atom is -0.396 e. The second kappa shape index (κ2) is 4.42. The average molecular weight is 239 g/mol. The molecular formula is C9H13N5O3. The molecule has 0 saturated carbocycles. The van der Waals surface area contributed by atoms with Gasteiger partial charge in [0.15, 0.2) is 11.6 Å². The van der Waals surface area contributed by atoms with Crippen LogP contribution < -0.4 is 21.9 Å². The molecule has 8 heteroatoms. The number of aromatic nitrogens is 2. The zero-order chi connectivity index (χ0) is 12.4. The van der Waals surface area contributed by atoms with E-state index in [1.807, 2.05) is 0 Å². The van der Waals surface area contributed by atoms with Gasteiger partial charge in [0.1, 0.15) is 11.7 Å². The van der Waals surface area contributed by atoms with Crippen LogP contribution in [-0.2, 0) is 4.79 Å². The van der Waals surface area contributed by atoms with Crippen molar-refractivity contribution < 1.29 is 9.90 Å². The lowest BCUT2D eigenvalue weighted by atomic mass is 10.1. The predicted octanol–water partition coefficient (Wildman–Crippen LogP) is -1.49. The van der Waals surface area contributed by atoms with Gasteiger partial charge in [-0.15, -0.1) is 0 Å². The Morgan fingerprint density at radius 1 is 1.59 bits per heavy atom. The van der Waals surface area contributed by atoms with Gasteiger partial charge in [-0.3, -0.25) is 14.6 Å². The Balaban J connectivity index is 2.24. The molecule has 0 spiro atoms. The fourth-order valence-corrected chi connectivity index (χ4v) is 1.66. The molecular weight excluding hydrogens is 226 g/mol. The highest BCUT2D eigenvalue weighted by molar-refractivity contribution is 5.89. The summed E-state index contributed by atoms with van der Waals surface area (Å²) in [7, 11) is 0. The first-order valence-electron chi connectivity index (χ1n) is 5.15. The van der Waals surface area contributed by atoms with Crippen molar-refractivity contribution in [1.82, 2.24) is 9.97 Å². The van der Waals surface area contributed by atoms with Crippen molar-refractivity contribution >= 4 is 23.2 Å². The zero-order valence-corrected chi connectivity index (χ0v) is 8.99. The molecule has 17 heavy (non-hydrogen) atoms. The van der Waals surface area contributed by atoms with Crippen LogP contribution in [0.5, 0.6) is 0 Å². The molecule has 0 amide bonds. The number of aliphatic hydroxyl groups is 1. The van der Waals surface area contributed by atoms with Crippen LogP contribution in [0.1, 0.15) is 6.42 Å². The van der Waals surface area contributed by atoms with Gasteiger partial charge < -0.3 is 21.5 Å². The minimum absolute atomic E-state index is 0.0168. The number of Topliss-reactive ketones (excluding diaryl/α,β-unsaturated/α-hetero) is 1. The first-order valence-corrected chi connectivity index (χ1v) is 5.15. The van der Waals surface area contributed by atoms with E-state index < -0.39 is 11.6 Å². The Bertz CT molecular complexity index is 498. The van der Waals surface area contributed by atoms with Crippen LogP contribution in [0.3, 0.4) is 0 Å². The molecule has 1 aliphatic heterocycles. The molecule has 0 radical (unpaired) electrons. The minimum atomic E-state index is -0.541. The summed E-state index contributed by atoms with van der Waals surface area (Å²) < 4.78 is 0. The normalized spacial score (nSPS) is 17.8. The van der Waals surface area contributed by atoms with Crippen LogP contribution >= 0.6 is 0 Å². The summed E-state index contributed by atoms with van der Waals surface area (Å²) in [6, 6.07) is -0.541. The fraction of sp³-hybridized carbons (Fsp3) is 0.444. The van der Waals surface area contributed by atoms with Crippen molar-refractivity contribution in [3.8, 4) is 0 Å². The number of carbonyl (C=O) groups excluding carboxylic acids is 1. The Morgan fingerprint density at radius 3 is 3.06 bits per heavy atom. The van der Waals surface area contributed by atoms with Gasteiger partial charge in [0.05, 0.1) is 6.61 Å². The van der Waals surface area contributed by atoms with E-state index in [-0.39, 0.29) is 30.4 Å². The summed E-state index contributed by atoms with van der Waals surface area (Å²) >= 11 is 0. The van der Waals surface area contributed by atoms with Gasteiger partial charge in [-0.05, 0) is 0 Å². The summed E-state index contributed by atoms with van der Waals surface area (Å²) in [5, 5.41) is 14.3. The highest BCUT2D eigenvalue weighted by Crippen LogP contribution is 2.20. The second-order valence-electron chi connectivity index (χ2n) is 3.69. The van der Waals surface area contributed by atoms with Gasteiger partial charge in [0.2, 0.25) is 5.95 Å². The standard InChI is InChI=1S/C9H13N5O3/c10-9-13-7-6(8(17)14-9)12-4(3-11-7)5(16)1-2-15/h4,12,15H,1-3H2,(H4,10,11,13,14,17). The molecule has 2 heterocycles. The second-order valence-corrected chi connectivity index (χ2v) is 3.69. The number of nitrogens with two attached hydrogens (primary N) is 1. The van der Waals surface area contributed by atoms with Crippen molar-refractivity contribution in [2.75, 3.05) is 29.5 Å². The Kier molecular flexibility index (Phi) is 2.96. The van der Waals surface area contributed by atoms with Crippen molar-refractivity contribution in [2.45, 2.75) is 12.5 Å². The molecule has 8 nitrogen and oxygen atoms in total. The van der Waals surface area contributed by atoms with Crippen LogP contribution in [0.2, 0.25) is 0 Å². The number of fused-ring (bicyclic) bond motifs is 1. The summed E-state index contributed by atoms with van der Waals surface area (Å²) in [5.41, 5.74) is 5.16. The van der Waals surface area contributed by atoms with Gasteiger partial charge in [0.25, 0.3) is 5.56 Å². The molecule has 92 valence electrons. The van der Waals surface area contributed by atoms with E-state index >= 15 is 0 Å². The maximum Gasteiger partial charge on any atom is 0.277 e. The molecule has 6 N–H and O–H groups in total. The third kappa shape index (κ3) is 2.21. The molecule has 0 aliphatic carbocycles. The van der Waals surface area contributed by atoms with Gasteiger partial charge in [-0.25, -0.2) is 0 Å². The lowest BCUT2D eigenvalue weighted by molar-refractivity contribution is -0.120. The molecule has 0 fully saturated rings. The molecule has 1 aliphatic rings. The van der Waals surface area contributed by atoms with E-state index in [2.05, 4.69) is 20.6 Å². The number of hydrogen-bond acceptors (Lipinski definition) is 7. The number of nitrogens with one attached hydrogen (secondary N) is 3. The van der Waals surface area contributed by atoms with E-state index in [1.165, 1.54) is 0 Å². The van der Waals surface area contributed by atoms with Gasteiger partial charge in [-0.1, -0.05) is 0 Å². The Labute approximate surface area is 96.2 Å². The summed E-state index contributed by atoms with van der Waals surface area (Å²) in [4.78, 5) is 29.4. The fourth-order valence-electron chi connectivity index (χ4n) is 1.66. The number of aliphatic hydroxyl groups excluding tert-OH is 1. The maximum absolute atomic E-state index is 11.6. The van der Waals surface area contributed by atoms with E-state index in [0.29, 0.717) is 12.4 Å². The Morgan fingerprint density at radius 2 is 2.35 bits per heavy atom. The third-order valence-electron chi connectivity index (χ3n) is 2.48. The predicted molar refractivity (Wildman–Crippen MR) is 61.9 cm³/mol. The number of carbonyl (C=O) groups is 1. The summed E-state index contributed by atoms with van der Waals surface area (Å²) in [6.07, 6.45) is 0.0506. The molecule has 1 atom stereocenters. The monoisotopic (exact) mass is 239 g/mol. The van der Waals surface area contributed by atoms with Crippen LogP contribution in [0.4, 0.5) is 17.5 Å². The molecule has 1 unspecified atom stereocenters. The lowest BCUT2D eigenvalue weighted by Crippen LogP contribution is -2.42. The van der Waals surface area contributed by atoms with E-state index in [1.54, 1.807) is 0 Å². The number of nitrogen functional groups attached to an aromatic ring is 1. The number of rotatable bonds is 3. The number of H-pyrrole nitrogens is 1. The molecule has 1 aromatic rings. The first kappa shape index (κ1) is 11.4. The highest BCUT2D eigenvalue weighted by atomic mass is 16.3. The van der Waals surface area contributed by atoms with Gasteiger partial charge in [-0.2, -0.15) is 4.98 Å². The van der Waals surface area contributed by atoms with E-state index in [0.717, 1.165) is 0 Å². The molecule has 0 bridgehead atoms. The number of anilines is 3. The SMILES string of the molecule is Nc1nc2c(c(=O)[nH]1)NC(C(=O)CCO)CN2. The first-order chi connectivity index (χ1) is 8.11. The number of ketones is 1. The van der Waals surface area contributed by atoms with E-state index in [4.69, 9.17) is 10.8 Å². The van der Waals surface area contributed by atoms with Gasteiger partial charge in [0, 0.05) is 13.0 Å². The van der Waals surface area contributed by atoms with Gasteiger partial charge >= 0.3 is 0 Å². The maximum atomic E-state index is 11.6. The van der Waals surface area contributed by atoms with Crippen LogP contribution in [0.25, 0.3) is 0 Å². The molecule has 0 saturated heterocycles. The van der Waals surface area contributed by atoms with E-state index in [9.17, 15) is 9.59 Å². The number of hydrogen-bond donors (Lipinski definition) is 5. The van der Waals surface area contributed by atoms with Crippen molar-refractivity contribution in [3.63, 3.8) is 0 Å². The summed E-state index contributed by atoms with van der Waals surface area (Å²) in [5.74, 6) is 0.185. The smallest absolute Gasteiger partial charge is 0.277 e. The zero-order valence-electron chi connectivity index (χ0n) is 8.99. The average Bonchev–Trinajstić information content (AvgIpc) is 2.28. The van der Waals surface area contributed by atoms with Crippen LogP contribution in [-0.4, -0.2) is 40.1 Å².